The predicted molar refractivity (Wildman–Crippen MR) is 108 cm³/mol. The molecule has 4 rings (SSSR count). The standard InChI is InChI=1S/C20H17N5OS/c1-13-7-9-21-17(10-13)25-20-23-15(12-27-20)11-18(26)24-16-6-2-4-14-5-3-8-22-19(14)16/h2-10,12H,11H2,1H3,(H,24,26)(H,21,23,25). The lowest BCUT2D eigenvalue weighted by Crippen LogP contribution is -2.15. The summed E-state index contributed by atoms with van der Waals surface area (Å²) in [6.07, 6.45) is 3.66. The second-order valence-corrected chi connectivity index (χ2v) is 6.95. The number of carbonyl (C=O) groups is 1. The van der Waals surface area contributed by atoms with Gasteiger partial charge in [0, 0.05) is 23.2 Å². The fourth-order valence-corrected chi connectivity index (χ4v) is 3.44. The molecule has 6 nitrogen and oxygen atoms in total. The zero-order valence-corrected chi connectivity index (χ0v) is 15.5. The van der Waals surface area contributed by atoms with Gasteiger partial charge in [-0.3, -0.25) is 9.78 Å². The van der Waals surface area contributed by atoms with Gasteiger partial charge in [0.15, 0.2) is 5.13 Å². The fraction of sp³-hybridized carbons (Fsp3) is 0.100. The molecule has 7 heteroatoms. The van der Waals surface area contributed by atoms with Gasteiger partial charge in [0.1, 0.15) is 5.82 Å². The number of nitrogens with zero attached hydrogens (tertiary/aromatic N) is 3. The van der Waals surface area contributed by atoms with Crippen LogP contribution < -0.4 is 10.6 Å². The van der Waals surface area contributed by atoms with Crippen LogP contribution in [-0.2, 0) is 11.2 Å². The maximum absolute atomic E-state index is 12.4. The van der Waals surface area contributed by atoms with E-state index >= 15 is 0 Å². The molecule has 0 saturated heterocycles. The van der Waals surface area contributed by atoms with Gasteiger partial charge in [-0.15, -0.1) is 11.3 Å². The molecule has 134 valence electrons. The minimum Gasteiger partial charge on any atom is -0.324 e. The number of amides is 1. The van der Waals surface area contributed by atoms with Gasteiger partial charge in [-0.05, 0) is 36.8 Å². The molecule has 0 atom stereocenters. The summed E-state index contributed by atoms with van der Waals surface area (Å²) in [5, 5.41) is 9.67. The van der Waals surface area contributed by atoms with Gasteiger partial charge in [0.25, 0.3) is 0 Å². The van der Waals surface area contributed by atoms with Crippen molar-refractivity contribution < 1.29 is 4.79 Å². The second kappa shape index (κ2) is 7.51. The predicted octanol–water partition coefficient (Wildman–Crippen LogP) is 4.32. The van der Waals surface area contributed by atoms with E-state index in [1.165, 1.54) is 11.3 Å². The molecule has 1 amide bonds. The normalized spacial score (nSPS) is 10.7. The zero-order valence-electron chi connectivity index (χ0n) is 14.6. The molecule has 0 unspecified atom stereocenters. The van der Waals surface area contributed by atoms with Crippen LogP contribution in [0.5, 0.6) is 0 Å². The molecule has 0 radical (unpaired) electrons. The van der Waals surface area contributed by atoms with Crippen molar-refractivity contribution in [1.82, 2.24) is 15.0 Å². The monoisotopic (exact) mass is 375 g/mol. The molecule has 0 saturated carbocycles. The molecule has 0 aliphatic carbocycles. The molecular weight excluding hydrogens is 358 g/mol. The summed E-state index contributed by atoms with van der Waals surface area (Å²) in [7, 11) is 0. The zero-order chi connectivity index (χ0) is 18.6. The molecule has 0 bridgehead atoms. The van der Waals surface area contributed by atoms with Crippen LogP contribution in [0.25, 0.3) is 10.9 Å². The van der Waals surface area contributed by atoms with E-state index in [-0.39, 0.29) is 12.3 Å². The summed E-state index contributed by atoms with van der Waals surface area (Å²) in [6, 6.07) is 13.4. The number of benzene rings is 1. The lowest BCUT2D eigenvalue weighted by Gasteiger charge is -2.07. The molecule has 0 fully saturated rings. The number of hydrogen-bond acceptors (Lipinski definition) is 6. The van der Waals surface area contributed by atoms with E-state index in [4.69, 9.17) is 0 Å². The first-order chi connectivity index (χ1) is 13.2. The van der Waals surface area contributed by atoms with E-state index in [2.05, 4.69) is 25.6 Å². The van der Waals surface area contributed by atoms with Crippen molar-refractivity contribution in [2.45, 2.75) is 13.3 Å². The maximum Gasteiger partial charge on any atom is 0.230 e. The number of pyridine rings is 2. The third kappa shape index (κ3) is 4.09. The summed E-state index contributed by atoms with van der Waals surface area (Å²) in [5.41, 5.74) is 3.31. The fourth-order valence-electron chi connectivity index (χ4n) is 2.72. The molecule has 0 aliphatic heterocycles. The van der Waals surface area contributed by atoms with Crippen molar-refractivity contribution in [3.8, 4) is 0 Å². The Labute approximate surface area is 160 Å². The number of thiazole rings is 1. The van der Waals surface area contributed by atoms with Crippen molar-refractivity contribution in [1.29, 1.82) is 0 Å². The van der Waals surface area contributed by atoms with Crippen LogP contribution in [0.15, 0.2) is 60.2 Å². The van der Waals surface area contributed by atoms with Crippen LogP contribution >= 0.6 is 11.3 Å². The Balaban J connectivity index is 1.43. The number of carbonyl (C=O) groups excluding carboxylic acids is 1. The van der Waals surface area contributed by atoms with Gasteiger partial charge in [-0.25, -0.2) is 9.97 Å². The maximum atomic E-state index is 12.4. The van der Waals surface area contributed by atoms with Crippen LogP contribution in [0.2, 0.25) is 0 Å². The van der Waals surface area contributed by atoms with Gasteiger partial charge in [0.2, 0.25) is 5.91 Å². The summed E-state index contributed by atoms with van der Waals surface area (Å²) < 4.78 is 0. The topological polar surface area (TPSA) is 79.8 Å². The smallest absolute Gasteiger partial charge is 0.230 e. The highest BCUT2D eigenvalue weighted by Crippen LogP contribution is 2.22. The first kappa shape index (κ1) is 17.1. The van der Waals surface area contributed by atoms with E-state index in [1.807, 2.05) is 54.8 Å². The molecule has 3 heterocycles. The minimum atomic E-state index is -0.126. The largest absolute Gasteiger partial charge is 0.324 e. The van der Waals surface area contributed by atoms with Crippen molar-refractivity contribution in [3.63, 3.8) is 0 Å². The molecular formula is C20H17N5OS. The molecule has 27 heavy (non-hydrogen) atoms. The number of nitrogens with one attached hydrogen (secondary N) is 2. The Morgan fingerprint density at radius 2 is 2.00 bits per heavy atom. The summed E-state index contributed by atoms with van der Waals surface area (Å²) >= 11 is 1.45. The summed E-state index contributed by atoms with van der Waals surface area (Å²) in [5.74, 6) is 0.612. The van der Waals surface area contributed by atoms with Gasteiger partial charge in [-0.2, -0.15) is 0 Å². The number of aromatic nitrogens is 3. The third-order valence-electron chi connectivity index (χ3n) is 3.95. The van der Waals surface area contributed by atoms with Crippen LogP contribution in [0.1, 0.15) is 11.3 Å². The first-order valence-corrected chi connectivity index (χ1v) is 9.33. The van der Waals surface area contributed by atoms with Gasteiger partial charge < -0.3 is 10.6 Å². The number of fused-ring (bicyclic) bond motifs is 1. The van der Waals surface area contributed by atoms with E-state index in [0.29, 0.717) is 16.5 Å². The van der Waals surface area contributed by atoms with Crippen molar-refractivity contribution in [3.05, 3.63) is 71.5 Å². The highest BCUT2D eigenvalue weighted by molar-refractivity contribution is 7.13. The number of para-hydroxylation sites is 1. The van der Waals surface area contributed by atoms with Crippen molar-refractivity contribution >= 4 is 44.8 Å². The minimum absolute atomic E-state index is 0.126. The average Bonchev–Trinajstić information content (AvgIpc) is 3.08. The van der Waals surface area contributed by atoms with Crippen LogP contribution in [0.3, 0.4) is 0 Å². The van der Waals surface area contributed by atoms with Gasteiger partial charge in [-0.1, -0.05) is 18.2 Å². The van der Waals surface area contributed by atoms with E-state index in [0.717, 1.165) is 22.3 Å². The Hall–Kier alpha value is -3.32. The van der Waals surface area contributed by atoms with E-state index in [1.54, 1.807) is 12.4 Å². The molecule has 4 aromatic rings. The lowest BCUT2D eigenvalue weighted by atomic mass is 10.2. The average molecular weight is 375 g/mol. The number of anilines is 3. The van der Waals surface area contributed by atoms with Crippen molar-refractivity contribution in [2.75, 3.05) is 10.6 Å². The third-order valence-corrected chi connectivity index (χ3v) is 4.76. The van der Waals surface area contributed by atoms with E-state index in [9.17, 15) is 4.79 Å². The van der Waals surface area contributed by atoms with E-state index < -0.39 is 0 Å². The SMILES string of the molecule is Cc1ccnc(Nc2nc(CC(=O)Nc3cccc4cccnc34)cs2)c1. The summed E-state index contributed by atoms with van der Waals surface area (Å²) in [6.45, 7) is 2.01. The number of hydrogen-bond donors (Lipinski definition) is 2. The number of aryl methyl sites for hydroxylation is 1. The lowest BCUT2D eigenvalue weighted by molar-refractivity contribution is -0.115. The molecule has 3 aromatic heterocycles. The highest BCUT2D eigenvalue weighted by Gasteiger charge is 2.10. The molecule has 2 N–H and O–H groups in total. The number of rotatable bonds is 5. The first-order valence-electron chi connectivity index (χ1n) is 8.45. The van der Waals surface area contributed by atoms with Gasteiger partial charge in [0.05, 0.1) is 23.3 Å². The Morgan fingerprint density at radius 3 is 2.89 bits per heavy atom. The molecule has 0 spiro atoms. The van der Waals surface area contributed by atoms with Crippen LogP contribution in [0, 0.1) is 6.92 Å². The Bertz CT molecular complexity index is 1100. The van der Waals surface area contributed by atoms with Crippen molar-refractivity contribution in [2.24, 2.45) is 0 Å². The molecule has 0 aliphatic rings. The van der Waals surface area contributed by atoms with Gasteiger partial charge >= 0.3 is 0 Å². The quantitative estimate of drug-likeness (QED) is 0.543. The Kier molecular flexibility index (Phi) is 4.76. The Morgan fingerprint density at radius 1 is 1.11 bits per heavy atom. The second-order valence-electron chi connectivity index (χ2n) is 6.09. The van der Waals surface area contributed by atoms with Crippen LogP contribution in [0.4, 0.5) is 16.6 Å². The van der Waals surface area contributed by atoms with Crippen LogP contribution in [-0.4, -0.2) is 20.9 Å². The highest BCUT2D eigenvalue weighted by atomic mass is 32.1. The summed E-state index contributed by atoms with van der Waals surface area (Å²) in [4.78, 5) is 25.5. The molecule has 1 aromatic carbocycles.